The zero-order valence-corrected chi connectivity index (χ0v) is 11.8. The molecule has 1 N–H and O–H groups in total. The third-order valence-corrected chi connectivity index (χ3v) is 4.29. The number of hydrogen-bond acceptors (Lipinski definition) is 3. The van der Waals surface area contributed by atoms with Gasteiger partial charge in [-0.1, -0.05) is 12.1 Å². The Morgan fingerprint density at radius 2 is 2.21 bits per heavy atom. The first kappa shape index (κ1) is 15.8. The number of carbonyl (C=O) groups is 1. The normalized spacial score (nSPS) is 13.9. The van der Waals surface area contributed by atoms with E-state index in [9.17, 15) is 13.4 Å². The summed E-state index contributed by atoms with van der Waals surface area (Å²) < 4.78 is 24.7. The first-order valence-corrected chi connectivity index (χ1v) is 7.31. The second kappa shape index (κ2) is 7.35. The average molecular weight is 287 g/mol. The maximum Gasteiger partial charge on any atom is 0.238 e. The molecule has 0 aromatic heterocycles. The van der Waals surface area contributed by atoms with E-state index in [1.165, 1.54) is 17.0 Å². The molecule has 106 valence electrons. The Balaban J connectivity index is 2.64. The summed E-state index contributed by atoms with van der Waals surface area (Å²) >= 11 is 0. The van der Waals surface area contributed by atoms with E-state index < -0.39 is 16.0 Å². The highest BCUT2D eigenvalue weighted by Gasteiger charge is 2.22. The minimum Gasteiger partial charge on any atom is -0.395 e. The first-order chi connectivity index (χ1) is 8.95. The van der Waals surface area contributed by atoms with Crippen molar-refractivity contribution in [1.82, 2.24) is 4.90 Å². The maximum atomic E-state index is 13.0. The zero-order chi connectivity index (χ0) is 14.4. The van der Waals surface area contributed by atoms with E-state index in [1.807, 2.05) is 0 Å². The Hall–Kier alpha value is -1.27. The molecule has 4 nitrogen and oxygen atoms in total. The molecule has 1 aromatic carbocycles. The molecule has 0 bridgehead atoms. The van der Waals surface area contributed by atoms with Crippen LogP contribution in [0.4, 0.5) is 4.39 Å². The lowest BCUT2D eigenvalue weighted by Crippen LogP contribution is -2.37. The monoisotopic (exact) mass is 287 g/mol. The van der Waals surface area contributed by atoms with Crippen molar-refractivity contribution in [1.29, 1.82) is 0 Å². The minimum absolute atomic E-state index is 0.0840. The first-order valence-electron chi connectivity index (χ1n) is 5.93. The summed E-state index contributed by atoms with van der Waals surface area (Å²) in [6.45, 7) is 1.62. The van der Waals surface area contributed by atoms with Gasteiger partial charge in [-0.15, -0.1) is 0 Å². The fraction of sp³-hybridized carbons (Fsp3) is 0.462. The number of halogens is 1. The van der Waals surface area contributed by atoms with Crippen LogP contribution in [0.15, 0.2) is 24.3 Å². The van der Waals surface area contributed by atoms with Crippen LogP contribution >= 0.6 is 0 Å². The van der Waals surface area contributed by atoms with Crippen molar-refractivity contribution in [3.05, 3.63) is 35.6 Å². The van der Waals surface area contributed by atoms with Crippen LogP contribution in [0.25, 0.3) is 0 Å². The van der Waals surface area contributed by atoms with Crippen LogP contribution in [0.5, 0.6) is 0 Å². The molecular formula is C13H18FNO3S. The summed E-state index contributed by atoms with van der Waals surface area (Å²) in [5.74, 6) is -0.549. The van der Waals surface area contributed by atoms with Crippen molar-refractivity contribution in [3.8, 4) is 0 Å². The van der Waals surface area contributed by atoms with Gasteiger partial charge in [0.2, 0.25) is 5.91 Å². The molecule has 1 aromatic rings. The van der Waals surface area contributed by atoms with Crippen molar-refractivity contribution in [2.75, 3.05) is 19.4 Å². The number of nitrogens with zero attached hydrogens (tertiary/aromatic N) is 1. The van der Waals surface area contributed by atoms with E-state index >= 15 is 0 Å². The van der Waals surface area contributed by atoms with Crippen LogP contribution in [0.1, 0.15) is 12.5 Å². The SMILES string of the molecule is CC(C(=O)N(C)Cc1cccc(F)c1)S(=O)CCO. The molecule has 0 heterocycles. The molecule has 2 unspecified atom stereocenters. The number of aliphatic hydroxyl groups is 1. The van der Waals surface area contributed by atoms with Gasteiger partial charge in [0.1, 0.15) is 11.1 Å². The lowest BCUT2D eigenvalue weighted by molar-refractivity contribution is -0.129. The van der Waals surface area contributed by atoms with Gasteiger partial charge in [0.25, 0.3) is 0 Å². The van der Waals surface area contributed by atoms with Crippen molar-refractivity contribution in [2.24, 2.45) is 0 Å². The predicted octanol–water partition coefficient (Wildman–Crippen LogP) is 0.914. The van der Waals surface area contributed by atoms with E-state index in [0.29, 0.717) is 5.56 Å². The lowest BCUT2D eigenvalue weighted by atomic mass is 10.2. The van der Waals surface area contributed by atoms with E-state index in [2.05, 4.69) is 0 Å². The highest BCUT2D eigenvalue weighted by atomic mass is 32.2. The summed E-state index contributed by atoms with van der Waals surface area (Å²) in [5.41, 5.74) is 0.677. The fourth-order valence-corrected chi connectivity index (χ4v) is 2.61. The van der Waals surface area contributed by atoms with Crippen molar-refractivity contribution < 1.29 is 18.5 Å². The van der Waals surface area contributed by atoms with Crippen molar-refractivity contribution in [2.45, 2.75) is 18.7 Å². The van der Waals surface area contributed by atoms with Crippen LogP contribution in [0.3, 0.4) is 0 Å². The summed E-state index contributed by atoms with van der Waals surface area (Å²) in [6, 6.07) is 6.00. The third-order valence-electron chi connectivity index (χ3n) is 2.72. The number of rotatable bonds is 6. The van der Waals surface area contributed by atoms with Gasteiger partial charge < -0.3 is 10.0 Å². The topological polar surface area (TPSA) is 57.6 Å². The van der Waals surface area contributed by atoms with Gasteiger partial charge in [-0.2, -0.15) is 0 Å². The molecule has 0 radical (unpaired) electrons. The van der Waals surface area contributed by atoms with E-state index in [1.54, 1.807) is 26.1 Å². The molecular weight excluding hydrogens is 269 g/mol. The van der Waals surface area contributed by atoms with Gasteiger partial charge in [0, 0.05) is 30.1 Å². The fourth-order valence-electron chi connectivity index (χ4n) is 1.68. The molecule has 0 aliphatic carbocycles. The summed E-state index contributed by atoms with van der Waals surface area (Å²) in [6.07, 6.45) is 0. The Morgan fingerprint density at radius 3 is 2.79 bits per heavy atom. The van der Waals surface area contributed by atoms with Crippen LogP contribution in [-0.2, 0) is 22.1 Å². The van der Waals surface area contributed by atoms with Gasteiger partial charge in [-0.05, 0) is 24.6 Å². The summed E-state index contributed by atoms with van der Waals surface area (Å²) in [5, 5.41) is 8.04. The summed E-state index contributed by atoms with van der Waals surface area (Å²) in [4.78, 5) is 13.4. The molecule has 2 atom stereocenters. The van der Waals surface area contributed by atoms with Gasteiger partial charge in [-0.3, -0.25) is 9.00 Å². The standard InChI is InChI=1S/C13H18FNO3S/c1-10(19(18)7-6-16)13(17)15(2)9-11-4-3-5-12(14)8-11/h3-5,8,10,16H,6-7,9H2,1-2H3. The Bertz CT molecular complexity index is 467. The van der Waals surface area contributed by atoms with Crippen LogP contribution < -0.4 is 0 Å². The number of hydrogen-bond donors (Lipinski definition) is 1. The third kappa shape index (κ3) is 4.72. The lowest BCUT2D eigenvalue weighted by Gasteiger charge is -2.21. The second-order valence-electron chi connectivity index (χ2n) is 4.27. The van der Waals surface area contributed by atoms with E-state index in [4.69, 9.17) is 5.11 Å². The van der Waals surface area contributed by atoms with E-state index in [-0.39, 0.29) is 30.6 Å². The van der Waals surface area contributed by atoms with E-state index in [0.717, 1.165) is 0 Å². The highest BCUT2D eigenvalue weighted by molar-refractivity contribution is 7.86. The predicted molar refractivity (Wildman–Crippen MR) is 72.4 cm³/mol. The largest absolute Gasteiger partial charge is 0.395 e. The smallest absolute Gasteiger partial charge is 0.238 e. The van der Waals surface area contributed by atoms with Crippen molar-refractivity contribution in [3.63, 3.8) is 0 Å². The quantitative estimate of drug-likeness (QED) is 0.846. The highest BCUT2D eigenvalue weighted by Crippen LogP contribution is 2.09. The molecule has 1 amide bonds. The molecule has 0 aliphatic rings. The number of aliphatic hydroxyl groups excluding tert-OH is 1. The van der Waals surface area contributed by atoms with Gasteiger partial charge in [0.05, 0.1) is 6.61 Å². The molecule has 0 saturated carbocycles. The second-order valence-corrected chi connectivity index (χ2v) is 6.15. The molecule has 1 rings (SSSR count). The van der Waals surface area contributed by atoms with Crippen LogP contribution in [0, 0.1) is 5.82 Å². The van der Waals surface area contributed by atoms with Gasteiger partial charge in [-0.25, -0.2) is 4.39 Å². The minimum atomic E-state index is -1.39. The van der Waals surface area contributed by atoms with Gasteiger partial charge >= 0.3 is 0 Å². The molecule has 0 aliphatic heterocycles. The average Bonchev–Trinajstić information content (AvgIpc) is 2.37. The summed E-state index contributed by atoms with van der Waals surface area (Å²) in [7, 11) is 0.190. The van der Waals surface area contributed by atoms with Gasteiger partial charge in [0.15, 0.2) is 0 Å². The molecule has 0 spiro atoms. The van der Waals surface area contributed by atoms with Crippen LogP contribution in [0.2, 0.25) is 0 Å². The van der Waals surface area contributed by atoms with Crippen molar-refractivity contribution >= 4 is 16.7 Å². The number of amides is 1. The Kier molecular flexibility index (Phi) is 6.11. The molecule has 0 saturated heterocycles. The molecule has 6 heteroatoms. The molecule has 19 heavy (non-hydrogen) atoms. The zero-order valence-electron chi connectivity index (χ0n) is 11.0. The Morgan fingerprint density at radius 1 is 1.53 bits per heavy atom. The Labute approximate surface area is 114 Å². The number of benzene rings is 1. The number of carbonyl (C=O) groups excluding carboxylic acids is 1. The van der Waals surface area contributed by atoms with Crippen LogP contribution in [-0.4, -0.2) is 44.8 Å². The molecule has 0 fully saturated rings. The maximum absolute atomic E-state index is 13.0.